The van der Waals surface area contributed by atoms with Crippen LogP contribution in [0, 0.1) is 13.8 Å². The summed E-state index contributed by atoms with van der Waals surface area (Å²) in [5.74, 6) is 0.00992. The number of halogens is 1. The van der Waals surface area contributed by atoms with E-state index in [-0.39, 0.29) is 18.3 Å². The molecule has 1 aromatic heterocycles. The second kappa shape index (κ2) is 10.2. The molecule has 0 fully saturated rings. The molecule has 0 spiro atoms. The molecule has 24 heavy (non-hydrogen) atoms. The van der Waals surface area contributed by atoms with Gasteiger partial charge in [-0.3, -0.25) is 4.79 Å². The summed E-state index contributed by atoms with van der Waals surface area (Å²) in [5, 5.41) is 6.27. The molecule has 0 aliphatic rings. The molecule has 132 valence electrons. The van der Waals surface area contributed by atoms with Gasteiger partial charge < -0.3 is 15.2 Å². The summed E-state index contributed by atoms with van der Waals surface area (Å²) in [6.07, 6.45) is 1.11. The highest BCUT2D eigenvalue weighted by Gasteiger charge is 2.15. The summed E-state index contributed by atoms with van der Waals surface area (Å²) in [5.41, 5.74) is 4.14. The molecule has 0 unspecified atom stereocenters. The Bertz CT molecular complexity index is 638. The Morgan fingerprint density at radius 3 is 2.46 bits per heavy atom. The molecule has 0 radical (unpaired) electrons. The first-order valence-electron chi connectivity index (χ1n) is 8.33. The number of amides is 1. The van der Waals surface area contributed by atoms with Crippen LogP contribution in [0.3, 0.4) is 0 Å². The van der Waals surface area contributed by atoms with Crippen LogP contribution < -0.4 is 10.6 Å². The minimum atomic E-state index is 0. The van der Waals surface area contributed by atoms with Gasteiger partial charge in [0.2, 0.25) is 0 Å². The zero-order valence-electron chi connectivity index (χ0n) is 14.8. The molecule has 5 heteroatoms. The Labute approximate surface area is 151 Å². The Kier molecular flexibility index (Phi) is 8.58. The molecule has 2 N–H and O–H groups in total. The molecular formula is C19H28ClN3O. The fourth-order valence-corrected chi connectivity index (χ4v) is 2.70. The maximum Gasteiger partial charge on any atom is 0.253 e. The average Bonchev–Trinajstić information content (AvgIpc) is 2.84. The molecule has 0 atom stereocenters. The van der Waals surface area contributed by atoms with Crippen LogP contribution in [0.2, 0.25) is 0 Å². The third kappa shape index (κ3) is 5.39. The van der Waals surface area contributed by atoms with Crippen LogP contribution in [-0.2, 0) is 6.54 Å². The average molecular weight is 350 g/mol. The standard InChI is InChI=1S/C19H27N3O.ClH/c1-4-10-20-11-12-21-19(23)18-13-15(2)22(16(18)3)14-17-8-6-5-7-9-17;/h5-9,13,20H,4,10-12,14H2,1-3H3,(H,21,23);1H. The number of nitrogens with zero attached hydrogens (tertiary/aromatic N) is 1. The minimum Gasteiger partial charge on any atom is -0.351 e. The molecule has 2 aromatic rings. The van der Waals surface area contributed by atoms with Crippen LogP contribution in [0.15, 0.2) is 36.4 Å². The van der Waals surface area contributed by atoms with E-state index in [0.717, 1.165) is 43.0 Å². The smallest absolute Gasteiger partial charge is 0.253 e. The zero-order chi connectivity index (χ0) is 16.7. The van der Waals surface area contributed by atoms with Gasteiger partial charge in [0.15, 0.2) is 0 Å². The molecule has 4 nitrogen and oxygen atoms in total. The SMILES string of the molecule is CCCNCCNC(=O)c1cc(C)n(Cc2ccccc2)c1C.Cl. The highest BCUT2D eigenvalue weighted by atomic mass is 35.5. The first-order valence-corrected chi connectivity index (χ1v) is 8.33. The van der Waals surface area contributed by atoms with Gasteiger partial charge in [0.1, 0.15) is 0 Å². The fourth-order valence-electron chi connectivity index (χ4n) is 2.70. The molecule has 1 heterocycles. The minimum absolute atomic E-state index is 0. The van der Waals surface area contributed by atoms with Gasteiger partial charge in [-0.25, -0.2) is 0 Å². The highest BCUT2D eigenvalue weighted by molar-refractivity contribution is 5.95. The van der Waals surface area contributed by atoms with Crippen molar-refractivity contribution in [3.8, 4) is 0 Å². The van der Waals surface area contributed by atoms with Crippen LogP contribution >= 0.6 is 12.4 Å². The molecule has 0 aliphatic heterocycles. The number of benzene rings is 1. The number of carbonyl (C=O) groups is 1. The van der Waals surface area contributed by atoms with Crippen LogP contribution in [0.4, 0.5) is 0 Å². The van der Waals surface area contributed by atoms with Crippen molar-refractivity contribution >= 4 is 18.3 Å². The van der Waals surface area contributed by atoms with Gasteiger partial charge in [0.25, 0.3) is 5.91 Å². The van der Waals surface area contributed by atoms with Gasteiger partial charge in [0, 0.05) is 31.0 Å². The Morgan fingerprint density at radius 2 is 1.79 bits per heavy atom. The first-order chi connectivity index (χ1) is 11.1. The van der Waals surface area contributed by atoms with Crippen LogP contribution in [0.25, 0.3) is 0 Å². The van der Waals surface area contributed by atoms with E-state index in [1.165, 1.54) is 5.56 Å². The van der Waals surface area contributed by atoms with E-state index in [4.69, 9.17) is 0 Å². The van der Waals surface area contributed by atoms with Crippen molar-refractivity contribution in [3.63, 3.8) is 0 Å². The Balaban J connectivity index is 0.00000288. The topological polar surface area (TPSA) is 46.1 Å². The van der Waals surface area contributed by atoms with Crippen molar-refractivity contribution in [1.29, 1.82) is 0 Å². The summed E-state index contributed by atoms with van der Waals surface area (Å²) in [6, 6.07) is 12.3. The molecular weight excluding hydrogens is 322 g/mol. The van der Waals surface area contributed by atoms with Gasteiger partial charge in [-0.2, -0.15) is 0 Å². The number of hydrogen-bond donors (Lipinski definition) is 2. The monoisotopic (exact) mass is 349 g/mol. The Hall–Kier alpha value is -1.78. The molecule has 0 aliphatic carbocycles. The van der Waals surface area contributed by atoms with Gasteiger partial charge in [-0.15, -0.1) is 12.4 Å². The van der Waals surface area contributed by atoms with Gasteiger partial charge in [-0.1, -0.05) is 37.3 Å². The summed E-state index contributed by atoms with van der Waals surface area (Å²) < 4.78 is 2.19. The van der Waals surface area contributed by atoms with Crippen molar-refractivity contribution in [3.05, 3.63) is 58.9 Å². The fraction of sp³-hybridized carbons (Fsp3) is 0.421. The van der Waals surface area contributed by atoms with E-state index in [1.807, 2.05) is 31.2 Å². The van der Waals surface area contributed by atoms with Crippen LogP contribution in [0.5, 0.6) is 0 Å². The van der Waals surface area contributed by atoms with Crippen molar-refractivity contribution in [1.82, 2.24) is 15.2 Å². The number of carbonyl (C=O) groups excluding carboxylic acids is 1. The van der Waals surface area contributed by atoms with Gasteiger partial charge >= 0.3 is 0 Å². The van der Waals surface area contributed by atoms with Crippen molar-refractivity contribution in [2.75, 3.05) is 19.6 Å². The number of hydrogen-bond acceptors (Lipinski definition) is 2. The predicted molar refractivity (Wildman–Crippen MR) is 102 cm³/mol. The van der Waals surface area contributed by atoms with E-state index < -0.39 is 0 Å². The third-order valence-electron chi connectivity index (χ3n) is 4.02. The molecule has 1 aromatic carbocycles. The van der Waals surface area contributed by atoms with E-state index in [1.54, 1.807) is 0 Å². The van der Waals surface area contributed by atoms with Crippen LogP contribution in [0.1, 0.15) is 40.7 Å². The zero-order valence-corrected chi connectivity index (χ0v) is 15.6. The maximum absolute atomic E-state index is 12.4. The lowest BCUT2D eigenvalue weighted by molar-refractivity contribution is 0.0953. The van der Waals surface area contributed by atoms with Crippen molar-refractivity contribution in [2.45, 2.75) is 33.7 Å². The quantitative estimate of drug-likeness (QED) is 0.718. The lowest BCUT2D eigenvalue weighted by Crippen LogP contribution is -2.32. The molecule has 0 bridgehead atoms. The highest BCUT2D eigenvalue weighted by Crippen LogP contribution is 2.17. The summed E-state index contributed by atoms with van der Waals surface area (Å²) in [4.78, 5) is 12.4. The lowest BCUT2D eigenvalue weighted by Gasteiger charge is -2.10. The molecule has 2 rings (SSSR count). The maximum atomic E-state index is 12.4. The van der Waals surface area contributed by atoms with E-state index in [9.17, 15) is 4.79 Å². The number of aromatic nitrogens is 1. The summed E-state index contributed by atoms with van der Waals surface area (Å²) >= 11 is 0. The van der Waals surface area contributed by atoms with Gasteiger partial charge in [0.05, 0.1) is 5.56 Å². The molecule has 1 amide bonds. The van der Waals surface area contributed by atoms with Crippen LogP contribution in [-0.4, -0.2) is 30.1 Å². The van der Waals surface area contributed by atoms with Crippen molar-refractivity contribution in [2.24, 2.45) is 0 Å². The lowest BCUT2D eigenvalue weighted by atomic mass is 10.2. The summed E-state index contributed by atoms with van der Waals surface area (Å²) in [6.45, 7) is 9.44. The predicted octanol–water partition coefficient (Wildman–Crippen LogP) is 3.30. The van der Waals surface area contributed by atoms with E-state index in [0.29, 0.717) is 6.54 Å². The summed E-state index contributed by atoms with van der Waals surface area (Å²) in [7, 11) is 0. The van der Waals surface area contributed by atoms with Crippen molar-refractivity contribution < 1.29 is 4.79 Å². The van der Waals surface area contributed by atoms with Gasteiger partial charge in [-0.05, 0) is 38.4 Å². The normalized spacial score (nSPS) is 10.3. The number of aryl methyl sites for hydroxylation is 1. The number of rotatable bonds is 8. The first kappa shape index (κ1) is 20.3. The Morgan fingerprint density at radius 1 is 1.08 bits per heavy atom. The number of nitrogens with one attached hydrogen (secondary N) is 2. The van der Waals surface area contributed by atoms with E-state index >= 15 is 0 Å². The largest absolute Gasteiger partial charge is 0.351 e. The molecule has 0 saturated carbocycles. The third-order valence-corrected chi connectivity index (χ3v) is 4.02. The molecule has 0 saturated heterocycles. The van der Waals surface area contributed by atoms with E-state index in [2.05, 4.69) is 41.2 Å². The second-order valence-electron chi connectivity index (χ2n) is 5.86. The second-order valence-corrected chi connectivity index (χ2v) is 5.86.